The van der Waals surface area contributed by atoms with E-state index in [-0.39, 0.29) is 30.2 Å². The van der Waals surface area contributed by atoms with Gasteiger partial charge in [0.05, 0.1) is 29.2 Å². The smallest absolute Gasteiger partial charge is 0.305 e. The Morgan fingerprint density at radius 2 is 2.00 bits per heavy atom. The van der Waals surface area contributed by atoms with Crippen LogP contribution in [-0.2, 0) is 22.1 Å². The van der Waals surface area contributed by atoms with Crippen molar-refractivity contribution < 1.29 is 14.1 Å². The zero-order valence-corrected chi connectivity index (χ0v) is 23.7. The summed E-state index contributed by atoms with van der Waals surface area (Å²) in [7, 11) is -1.47. The number of nitrogens with zero attached hydrogens (tertiary/aromatic N) is 2. The number of rotatable bonds is 15. The first kappa shape index (κ1) is 30.3. The van der Waals surface area contributed by atoms with Crippen LogP contribution in [0.3, 0.4) is 0 Å². The normalized spacial score (nSPS) is 16.7. The van der Waals surface area contributed by atoms with E-state index in [1.807, 2.05) is 12.1 Å². The number of benzene rings is 1. The molecule has 0 bridgehead atoms. The maximum absolute atomic E-state index is 13.4. The second kappa shape index (κ2) is 16.0. The number of carboxylic acid groups (broad SMARTS) is 1. The van der Waals surface area contributed by atoms with Gasteiger partial charge in [0, 0.05) is 40.9 Å². The molecule has 6 nitrogen and oxygen atoms in total. The summed E-state index contributed by atoms with van der Waals surface area (Å²) in [5.74, 6) is -0.909. The first-order valence-corrected chi connectivity index (χ1v) is 15.3. The van der Waals surface area contributed by atoms with Crippen molar-refractivity contribution in [2.75, 3.05) is 0 Å². The van der Waals surface area contributed by atoms with Gasteiger partial charge in [0.2, 0.25) is 0 Å². The SMILES string of the molecule is CCCCCCCCC(C#N)/C=C/S(=O)c1cc(-c2cn(CCC(=O)O)ccc2=O)cc(C2CC=CCC2)c1. The van der Waals surface area contributed by atoms with Crippen molar-refractivity contribution in [2.24, 2.45) is 5.92 Å². The molecule has 0 saturated heterocycles. The Morgan fingerprint density at radius 1 is 1.21 bits per heavy atom. The third-order valence-corrected chi connectivity index (χ3v) is 8.35. The molecule has 1 aromatic carbocycles. The molecule has 1 aromatic heterocycles. The van der Waals surface area contributed by atoms with Gasteiger partial charge in [-0.05, 0) is 54.9 Å². The minimum absolute atomic E-state index is 0.0460. The van der Waals surface area contributed by atoms with Crippen molar-refractivity contribution in [2.45, 2.75) is 94.9 Å². The molecule has 3 rings (SSSR count). The van der Waals surface area contributed by atoms with Crippen LogP contribution in [0, 0.1) is 17.2 Å². The standard InChI is InChI=1S/C32H40N2O4S/c1-2-3-4-5-6-8-11-25(23-33)16-19-39(38)29-21-27(26-12-9-7-10-13-26)20-28(22-29)30-24-34(17-14-31(30)35)18-15-32(36)37/h7,9,14,16-17,19-22,24-26H,2-6,8,10-13,15,18H2,1H3,(H,36,37)/b19-16+. The number of hydrogen-bond acceptors (Lipinski definition) is 4. The molecule has 0 saturated carbocycles. The molecule has 3 unspecified atom stereocenters. The molecule has 1 N–H and O–H groups in total. The highest BCUT2D eigenvalue weighted by atomic mass is 32.2. The fourth-order valence-electron chi connectivity index (χ4n) is 4.93. The minimum atomic E-state index is -1.47. The summed E-state index contributed by atoms with van der Waals surface area (Å²) in [5, 5.41) is 20.3. The van der Waals surface area contributed by atoms with E-state index in [0.29, 0.717) is 16.0 Å². The third-order valence-electron chi connectivity index (χ3n) is 7.24. The lowest BCUT2D eigenvalue weighted by Gasteiger charge is -2.20. The lowest BCUT2D eigenvalue weighted by molar-refractivity contribution is -0.137. The number of hydrogen-bond donors (Lipinski definition) is 1. The number of carboxylic acids is 1. The van der Waals surface area contributed by atoms with Crippen LogP contribution in [0.4, 0.5) is 0 Å². The summed E-state index contributed by atoms with van der Waals surface area (Å²) >= 11 is 0. The summed E-state index contributed by atoms with van der Waals surface area (Å²) in [4.78, 5) is 24.5. The Labute approximate surface area is 234 Å². The lowest BCUT2D eigenvalue weighted by atomic mass is 9.86. The molecule has 7 heteroatoms. The van der Waals surface area contributed by atoms with Crippen LogP contribution in [-0.4, -0.2) is 19.9 Å². The number of pyridine rings is 1. The minimum Gasteiger partial charge on any atom is -0.481 e. The summed E-state index contributed by atoms with van der Waals surface area (Å²) in [6.07, 6.45) is 19.9. The highest BCUT2D eigenvalue weighted by Gasteiger charge is 2.17. The molecule has 0 aliphatic heterocycles. The zero-order chi connectivity index (χ0) is 28.0. The molecule has 0 spiro atoms. The Balaban J connectivity index is 1.85. The third kappa shape index (κ3) is 9.78. The van der Waals surface area contributed by atoms with E-state index in [4.69, 9.17) is 5.11 Å². The lowest BCUT2D eigenvalue weighted by Crippen LogP contribution is -2.11. The maximum Gasteiger partial charge on any atom is 0.305 e. The van der Waals surface area contributed by atoms with Crippen LogP contribution < -0.4 is 5.43 Å². The monoisotopic (exact) mass is 548 g/mol. The number of unbranched alkanes of at least 4 members (excludes halogenated alkanes) is 5. The van der Waals surface area contributed by atoms with Gasteiger partial charge in [-0.25, -0.2) is 4.21 Å². The van der Waals surface area contributed by atoms with Gasteiger partial charge in [-0.3, -0.25) is 9.59 Å². The molecular weight excluding hydrogens is 508 g/mol. The molecule has 3 atom stereocenters. The summed E-state index contributed by atoms with van der Waals surface area (Å²) in [6.45, 7) is 2.45. The topological polar surface area (TPSA) is 100 Å². The molecule has 0 fully saturated rings. The Morgan fingerprint density at radius 3 is 2.72 bits per heavy atom. The molecule has 208 valence electrons. The van der Waals surface area contributed by atoms with Crippen molar-refractivity contribution in [3.63, 3.8) is 0 Å². The first-order chi connectivity index (χ1) is 18.9. The molecule has 1 aliphatic carbocycles. The van der Waals surface area contributed by atoms with Crippen LogP contribution in [0.1, 0.15) is 89.0 Å². The van der Waals surface area contributed by atoms with Crippen LogP contribution in [0.2, 0.25) is 0 Å². The van der Waals surface area contributed by atoms with Crippen molar-refractivity contribution in [3.05, 3.63) is 76.1 Å². The van der Waals surface area contributed by atoms with Crippen LogP contribution in [0.15, 0.2) is 70.0 Å². The average molecular weight is 549 g/mol. The van der Waals surface area contributed by atoms with E-state index < -0.39 is 16.8 Å². The maximum atomic E-state index is 13.4. The Kier molecular flexibility index (Phi) is 12.4. The van der Waals surface area contributed by atoms with E-state index in [0.717, 1.165) is 44.1 Å². The van der Waals surface area contributed by atoms with Crippen molar-refractivity contribution in [3.8, 4) is 17.2 Å². The molecule has 0 radical (unpaired) electrons. The fourth-order valence-corrected chi connectivity index (χ4v) is 5.91. The molecule has 1 heterocycles. The Bertz CT molecular complexity index is 1290. The number of aliphatic carboxylic acids is 1. The largest absolute Gasteiger partial charge is 0.481 e. The molecule has 39 heavy (non-hydrogen) atoms. The van der Waals surface area contributed by atoms with Crippen LogP contribution in [0.25, 0.3) is 11.1 Å². The van der Waals surface area contributed by atoms with Gasteiger partial charge >= 0.3 is 5.97 Å². The quantitative estimate of drug-likeness (QED) is 0.186. The zero-order valence-electron chi connectivity index (χ0n) is 22.9. The second-order valence-electron chi connectivity index (χ2n) is 10.3. The number of carbonyl (C=O) groups is 1. The molecule has 2 aromatic rings. The van der Waals surface area contributed by atoms with Gasteiger partial charge in [-0.2, -0.15) is 5.26 Å². The summed E-state index contributed by atoms with van der Waals surface area (Å²) in [5.41, 5.74) is 2.00. The number of nitriles is 1. The van der Waals surface area contributed by atoms with E-state index in [9.17, 15) is 19.1 Å². The molecule has 1 aliphatic rings. The van der Waals surface area contributed by atoms with Gasteiger partial charge < -0.3 is 9.67 Å². The highest BCUT2D eigenvalue weighted by Crippen LogP contribution is 2.33. The van der Waals surface area contributed by atoms with Crippen LogP contribution in [0.5, 0.6) is 0 Å². The molecular formula is C32H40N2O4S. The summed E-state index contributed by atoms with van der Waals surface area (Å²) < 4.78 is 15.1. The van der Waals surface area contributed by atoms with E-state index >= 15 is 0 Å². The number of aromatic nitrogens is 1. The van der Waals surface area contributed by atoms with E-state index in [2.05, 4.69) is 25.1 Å². The fraction of sp³-hybridized carbons (Fsp3) is 0.469. The van der Waals surface area contributed by atoms with Crippen molar-refractivity contribution >= 4 is 16.8 Å². The van der Waals surface area contributed by atoms with E-state index in [1.54, 1.807) is 34.5 Å². The van der Waals surface area contributed by atoms with Crippen molar-refractivity contribution in [1.82, 2.24) is 4.57 Å². The predicted molar refractivity (Wildman–Crippen MR) is 157 cm³/mol. The van der Waals surface area contributed by atoms with E-state index in [1.165, 1.54) is 31.7 Å². The second-order valence-corrected chi connectivity index (χ2v) is 11.6. The predicted octanol–water partition coefficient (Wildman–Crippen LogP) is 7.33. The number of allylic oxidation sites excluding steroid dienone is 3. The molecule has 0 amide bonds. The van der Waals surface area contributed by atoms with Gasteiger partial charge in [0.15, 0.2) is 5.43 Å². The van der Waals surface area contributed by atoms with Gasteiger partial charge in [0.1, 0.15) is 0 Å². The highest BCUT2D eigenvalue weighted by molar-refractivity contribution is 7.88. The van der Waals surface area contributed by atoms with Crippen LogP contribution >= 0.6 is 0 Å². The average Bonchev–Trinajstić information content (AvgIpc) is 2.96. The van der Waals surface area contributed by atoms with Gasteiger partial charge in [0.25, 0.3) is 0 Å². The first-order valence-electron chi connectivity index (χ1n) is 14.1. The van der Waals surface area contributed by atoms with Crippen molar-refractivity contribution in [1.29, 1.82) is 5.26 Å². The summed E-state index contributed by atoms with van der Waals surface area (Å²) in [6, 6.07) is 9.54. The van der Waals surface area contributed by atoms with Gasteiger partial charge in [-0.1, -0.05) is 69.7 Å². The van der Waals surface area contributed by atoms with Gasteiger partial charge in [-0.15, -0.1) is 0 Å². The Hall–Kier alpha value is -3.24. The number of aryl methyl sites for hydroxylation is 1.